The first-order chi connectivity index (χ1) is 9.15. The molecule has 97 valence electrons. The largest absolute Gasteiger partial charge is 0.541 e. The predicted octanol–water partition coefficient (Wildman–Crippen LogP) is 3.17. The second-order valence-corrected chi connectivity index (χ2v) is 6.34. The molecule has 0 aliphatic rings. The minimum absolute atomic E-state index is 0.735. The lowest BCUT2D eigenvalue weighted by atomic mass is 10.3. The minimum Gasteiger partial charge on any atom is -0.541 e. The van der Waals surface area contributed by atoms with Crippen molar-refractivity contribution in [1.82, 2.24) is 9.97 Å². The molecule has 0 saturated carbocycles. The van der Waals surface area contributed by atoms with Gasteiger partial charge in [0.25, 0.3) is 9.04 Å². The summed E-state index contributed by atoms with van der Waals surface area (Å²) in [5.41, 5.74) is 2.44. The van der Waals surface area contributed by atoms with Gasteiger partial charge in [0, 0.05) is 6.20 Å². The highest BCUT2D eigenvalue weighted by Gasteiger charge is 2.04. The van der Waals surface area contributed by atoms with Gasteiger partial charge in [-0.25, -0.2) is 0 Å². The molecular weight excluding hydrogens is 254 g/mol. The Labute approximate surface area is 114 Å². The fourth-order valence-electron chi connectivity index (χ4n) is 1.47. The molecule has 0 amide bonds. The van der Waals surface area contributed by atoms with Crippen molar-refractivity contribution >= 4 is 20.9 Å². The van der Waals surface area contributed by atoms with E-state index >= 15 is 0 Å². The monoisotopic (exact) mass is 270 g/mol. The van der Waals surface area contributed by atoms with Crippen LogP contribution in [0.4, 0.5) is 5.69 Å². The summed E-state index contributed by atoms with van der Waals surface area (Å²) in [6, 6.07) is 7.76. The first-order valence-electron chi connectivity index (χ1n) is 6.05. The van der Waals surface area contributed by atoms with Crippen molar-refractivity contribution in [2.24, 2.45) is 4.99 Å². The molecule has 19 heavy (non-hydrogen) atoms. The number of nitrogens with zero attached hydrogens (tertiary/aromatic N) is 3. The Balaban J connectivity index is 2.20. The average Bonchev–Trinajstić information content (AvgIpc) is 2.39. The summed E-state index contributed by atoms with van der Waals surface area (Å²) in [5, 5.41) is 0. The fourth-order valence-corrected chi connectivity index (χ4v) is 2.09. The number of hydrogen-bond donors (Lipinski definition) is 0. The number of hydrogen-bond acceptors (Lipinski definition) is 4. The van der Waals surface area contributed by atoms with Crippen LogP contribution in [0.3, 0.4) is 0 Å². The van der Waals surface area contributed by atoms with Crippen LogP contribution < -0.4 is 4.43 Å². The molecule has 0 unspecified atom stereocenters. The number of aryl methyl sites for hydroxylation is 1. The van der Waals surface area contributed by atoms with Crippen LogP contribution in [0.15, 0.2) is 41.7 Å². The van der Waals surface area contributed by atoms with E-state index in [9.17, 15) is 0 Å². The molecule has 2 aromatic rings. The summed E-state index contributed by atoms with van der Waals surface area (Å²) in [7, 11) is -0.798. The molecule has 5 heteroatoms. The highest BCUT2D eigenvalue weighted by Crippen LogP contribution is 2.27. The molecule has 4 nitrogen and oxygen atoms in total. The zero-order valence-corrected chi connectivity index (χ0v) is 12.3. The molecular formula is C14H16N3OSi. The van der Waals surface area contributed by atoms with Gasteiger partial charge in [0.15, 0.2) is 0 Å². The first-order valence-corrected chi connectivity index (χ1v) is 8.46. The molecule has 2 rings (SSSR count). The van der Waals surface area contributed by atoms with Crippen molar-refractivity contribution in [2.75, 3.05) is 0 Å². The summed E-state index contributed by atoms with van der Waals surface area (Å²) in [5.74, 6) is 0.817. The van der Waals surface area contributed by atoms with Crippen molar-refractivity contribution in [3.8, 4) is 5.75 Å². The van der Waals surface area contributed by atoms with Gasteiger partial charge in [-0.2, -0.15) is 0 Å². The number of para-hydroxylation sites is 2. The highest BCUT2D eigenvalue weighted by atomic mass is 28.3. The number of aromatic nitrogens is 2. The molecule has 1 radical (unpaired) electrons. The maximum Gasteiger partial charge on any atom is 0.274 e. The van der Waals surface area contributed by atoms with Crippen LogP contribution in [0.5, 0.6) is 5.75 Å². The van der Waals surface area contributed by atoms with Gasteiger partial charge in [0.1, 0.15) is 11.4 Å². The van der Waals surface area contributed by atoms with Crippen molar-refractivity contribution in [3.63, 3.8) is 0 Å². The van der Waals surface area contributed by atoms with Gasteiger partial charge in [-0.1, -0.05) is 12.1 Å². The summed E-state index contributed by atoms with van der Waals surface area (Å²) in [6.45, 7) is 6.09. The van der Waals surface area contributed by atoms with Gasteiger partial charge >= 0.3 is 0 Å². The van der Waals surface area contributed by atoms with Gasteiger partial charge in [-0.15, -0.1) is 0 Å². The normalized spacial score (nSPS) is 11.2. The fraction of sp³-hybridized carbons (Fsp3) is 0.214. The molecule has 1 heterocycles. The lowest BCUT2D eigenvalue weighted by molar-refractivity contribution is 0.582. The minimum atomic E-state index is -0.798. The third-order valence-corrected chi connectivity index (χ3v) is 2.94. The predicted molar refractivity (Wildman–Crippen MR) is 78.6 cm³/mol. The van der Waals surface area contributed by atoms with E-state index in [0.29, 0.717) is 0 Å². The van der Waals surface area contributed by atoms with Gasteiger partial charge in [0.05, 0.1) is 23.8 Å². The van der Waals surface area contributed by atoms with Crippen LogP contribution in [0, 0.1) is 6.92 Å². The summed E-state index contributed by atoms with van der Waals surface area (Å²) in [6.07, 6.45) is 5.13. The molecule has 0 fully saturated rings. The van der Waals surface area contributed by atoms with E-state index in [1.165, 1.54) is 0 Å². The van der Waals surface area contributed by atoms with E-state index in [4.69, 9.17) is 4.43 Å². The van der Waals surface area contributed by atoms with Gasteiger partial charge < -0.3 is 4.43 Å². The standard InChI is InChI=1S/C14H16N3OSi/c1-11-8-16-12(9-15-11)10-17-13-6-4-5-7-14(13)18-19(2)3/h4-10H,1-3H3. The Hall–Kier alpha value is -2.01. The molecule has 0 bridgehead atoms. The van der Waals surface area contributed by atoms with E-state index in [1.807, 2.05) is 31.2 Å². The molecule has 0 saturated heterocycles. The smallest absolute Gasteiger partial charge is 0.274 e. The lowest BCUT2D eigenvalue weighted by Crippen LogP contribution is -2.11. The number of aliphatic imine (C=N–C) groups is 1. The quantitative estimate of drug-likeness (QED) is 0.633. The van der Waals surface area contributed by atoms with Crippen LogP contribution >= 0.6 is 0 Å². The molecule has 0 atom stereocenters. The SMILES string of the molecule is Cc1cnc(C=Nc2ccccc2O[Si](C)C)cn1. The van der Waals surface area contributed by atoms with Crippen LogP contribution in [0.2, 0.25) is 13.1 Å². The first kappa shape index (κ1) is 13.4. The Kier molecular flexibility index (Phi) is 4.41. The van der Waals surface area contributed by atoms with Crippen LogP contribution in [0.25, 0.3) is 0 Å². The Bertz CT molecular complexity index is 567. The van der Waals surface area contributed by atoms with Crippen molar-refractivity contribution in [3.05, 3.63) is 48.0 Å². The third kappa shape index (κ3) is 3.99. The van der Waals surface area contributed by atoms with Gasteiger partial charge in [-0.05, 0) is 32.2 Å². The van der Waals surface area contributed by atoms with Crippen LogP contribution in [-0.4, -0.2) is 25.2 Å². The number of benzene rings is 1. The molecule has 1 aromatic carbocycles. The summed E-state index contributed by atoms with van der Waals surface area (Å²) < 4.78 is 5.80. The molecule has 0 N–H and O–H groups in total. The topological polar surface area (TPSA) is 47.4 Å². The summed E-state index contributed by atoms with van der Waals surface area (Å²) in [4.78, 5) is 12.8. The molecule has 0 aliphatic carbocycles. The van der Waals surface area contributed by atoms with Crippen LogP contribution in [0.1, 0.15) is 11.4 Å². The van der Waals surface area contributed by atoms with Crippen molar-refractivity contribution in [2.45, 2.75) is 20.0 Å². The van der Waals surface area contributed by atoms with Gasteiger partial charge in [-0.3, -0.25) is 15.0 Å². The van der Waals surface area contributed by atoms with Gasteiger partial charge in [0.2, 0.25) is 0 Å². The zero-order chi connectivity index (χ0) is 13.7. The second-order valence-electron chi connectivity index (χ2n) is 4.32. The summed E-state index contributed by atoms with van der Waals surface area (Å²) >= 11 is 0. The second kappa shape index (κ2) is 6.24. The average molecular weight is 270 g/mol. The highest BCUT2D eigenvalue weighted by molar-refractivity contribution is 6.49. The third-order valence-electron chi connectivity index (χ3n) is 2.32. The molecule has 0 aliphatic heterocycles. The Morgan fingerprint density at radius 2 is 1.95 bits per heavy atom. The Morgan fingerprint density at radius 3 is 2.63 bits per heavy atom. The zero-order valence-electron chi connectivity index (χ0n) is 11.3. The maximum atomic E-state index is 5.80. The van der Waals surface area contributed by atoms with E-state index in [0.717, 1.165) is 22.8 Å². The Morgan fingerprint density at radius 1 is 1.16 bits per heavy atom. The van der Waals surface area contributed by atoms with Crippen LogP contribution in [-0.2, 0) is 0 Å². The maximum absolute atomic E-state index is 5.80. The van der Waals surface area contributed by atoms with E-state index in [1.54, 1.807) is 18.6 Å². The van der Waals surface area contributed by atoms with Crippen molar-refractivity contribution < 1.29 is 4.43 Å². The molecule has 0 spiro atoms. The van der Waals surface area contributed by atoms with E-state index in [2.05, 4.69) is 28.1 Å². The van der Waals surface area contributed by atoms with E-state index < -0.39 is 9.04 Å². The number of rotatable bonds is 4. The van der Waals surface area contributed by atoms with Crippen molar-refractivity contribution in [1.29, 1.82) is 0 Å². The molecule has 1 aromatic heterocycles. The lowest BCUT2D eigenvalue weighted by Gasteiger charge is -2.10. The van der Waals surface area contributed by atoms with E-state index in [-0.39, 0.29) is 0 Å².